The number of anilines is 1. The molecule has 0 aliphatic heterocycles. The van der Waals surface area contributed by atoms with Gasteiger partial charge in [-0.2, -0.15) is 0 Å². The maximum absolute atomic E-state index is 11.4. The van der Waals surface area contributed by atoms with Crippen LogP contribution in [-0.2, 0) is 9.53 Å². The lowest BCUT2D eigenvalue weighted by atomic mass is 10.2. The van der Waals surface area contributed by atoms with Crippen molar-refractivity contribution in [1.82, 2.24) is 0 Å². The number of allylic oxidation sites excluding steroid dienone is 1. The van der Waals surface area contributed by atoms with Gasteiger partial charge >= 0.3 is 0 Å². The molecule has 0 saturated heterocycles. The summed E-state index contributed by atoms with van der Waals surface area (Å²) in [5, 5.41) is 2.75. The Hall–Kier alpha value is -1.77. The molecule has 0 heterocycles. The van der Waals surface area contributed by atoms with Crippen LogP contribution in [0.25, 0.3) is 0 Å². The van der Waals surface area contributed by atoms with E-state index in [1.54, 1.807) is 6.92 Å². The van der Waals surface area contributed by atoms with E-state index in [4.69, 9.17) is 4.74 Å². The van der Waals surface area contributed by atoms with Crippen LogP contribution < -0.4 is 5.32 Å². The maximum Gasteiger partial charge on any atom is 0.251 e. The van der Waals surface area contributed by atoms with E-state index in [9.17, 15) is 4.79 Å². The number of carbonyl (C=O) groups excluding carboxylic acids is 1. The maximum atomic E-state index is 11.4. The van der Waals surface area contributed by atoms with Gasteiger partial charge in [0.15, 0.2) is 0 Å². The Morgan fingerprint density at radius 3 is 2.80 bits per heavy atom. The summed E-state index contributed by atoms with van der Waals surface area (Å²) in [5.74, 6) is 0.403. The van der Waals surface area contributed by atoms with Crippen molar-refractivity contribution >= 4 is 11.6 Å². The predicted octanol–water partition coefficient (Wildman–Crippen LogP) is 2.48. The van der Waals surface area contributed by atoms with E-state index < -0.39 is 0 Å². The Bertz CT molecular complexity index is 383. The van der Waals surface area contributed by atoms with E-state index in [1.165, 1.54) is 13.2 Å². The number of benzene rings is 1. The number of hydrogen-bond donors (Lipinski definition) is 1. The molecular formula is C12H15NO2. The summed E-state index contributed by atoms with van der Waals surface area (Å²) in [6.45, 7) is 3.71. The summed E-state index contributed by atoms with van der Waals surface area (Å²) in [6.07, 6.45) is 1.42. The van der Waals surface area contributed by atoms with E-state index in [1.807, 2.05) is 31.2 Å². The minimum atomic E-state index is -0.181. The number of nitrogens with one attached hydrogen (secondary N) is 1. The smallest absolute Gasteiger partial charge is 0.251 e. The highest BCUT2D eigenvalue weighted by molar-refractivity contribution is 5.99. The minimum Gasteiger partial charge on any atom is -0.501 e. The molecular weight excluding hydrogens is 190 g/mol. The third kappa shape index (κ3) is 3.85. The summed E-state index contributed by atoms with van der Waals surface area (Å²) in [5.41, 5.74) is 1.90. The number of methoxy groups -OCH3 is 1. The van der Waals surface area contributed by atoms with Crippen molar-refractivity contribution in [3.8, 4) is 0 Å². The zero-order chi connectivity index (χ0) is 11.3. The molecule has 1 rings (SSSR count). The van der Waals surface area contributed by atoms with Gasteiger partial charge in [0.2, 0.25) is 0 Å². The van der Waals surface area contributed by atoms with Gasteiger partial charge < -0.3 is 10.1 Å². The third-order valence-corrected chi connectivity index (χ3v) is 1.94. The first-order valence-corrected chi connectivity index (χ1v) is 4.72. The highest BCUT2D eigenvalue weighted by Crippen LogP contribution is 2.09. The number of aryl methyl sites for hydroxylation is 1. The molecule has 0 aliphatic rings. The molecule has 1 amide bonds. The van der Waals surface area contributed by atoms with E-state index in [2.05, 4.69) is 5.32 Å². The molecule has 3 heteroatoms. The lowest BCUT2D eigenvalue weighted by Gasteiger charge is -2.03. The van der Waals surface area contributed by atoms with E-state index in [0.29, 0.717) is 5.76 Å². The molecule has 0 aliphatic carbocycles. The lowest BCUT2D eigenvalue weighted by molar-refractivity contribution is -0.112. The molecule has 0 bridgehead atoms. The first-order chi connectivity index (χ1) is 7.11. The third-order valence-electron chi connectivity index (χ3n) is 1.94. The number of ether oxygens (including phenoxy) is 1. The van der Waals surface area contributed by atoms with Gasteiger partial charge in [0.25, 0.3) is 5.91 Å². The number of rotatable bonds is 3. The van der Waals surface area contributed by atoms with Gasteiger partial charge in [-0.15, -0.1) is 0 Å². The average Bonchev–Trinajstić information content (AvgIpc) is 2.17. The predicted molar refractivity (Wildman–Crippen MR) is 60.6 cm³/mol. The summed E-state index contributed by atoms with van der Waals surface area (Å²) in [4.78, 5) is 11.4. The van der Waals surface area contributed by atoms with E-state index in [-0.39, 0.29) is 5.91 Å². The second kappa shape index (κ2) is 5.20. The van der Waals surface area contributed by atoms with E-state index >= 15 is 0 Å². The molecule has 0 aromatic heterocycles. The Balaban J connectivity index is 2.67. The van der Waals surface area contributed by atoms with Crippen LogP contribution >= 0.6 is 0 Å². The van der Waals surface area contributed by atoms with Crippen LogP contribution in [0.1, 0.15) is 12.5 Å². The summed E-state index contributed by atoms with van der Waals surface area (Å²) in [6, 6.07) is 7.64. The van der Waals surface area contributed by atoms with Crippen LogP contribution in [0.2, 0.25) is 0 Å². The van der Waals surface area contributed by atoms with Crippen molar-refractivity contribution in [3.05, 3.63) is 41.7 Å². The highest BCUT2D eigenvalue weighted by Gasteiger charge is 1.99. The number of carbonyl (C=O) groups is 1. The summed E-state index contributed by atoms with van der Waals surface area (Å²) in [7, 11) is 1.53. The van der Waals surface area contributed by atoms with Gasteiger partial charge in [-0.1, -0.05) is 12.1 Å². The van der Waals surface area contributed by atoms with Gasteiger partial charge in [0.05, 0.1) is 12.9 Å². The lowest BCUT2D eigenvalue weighted by Crippen LogP contribution is -2.08. The van der Waals surface area contributed by atoms with Gasteiger partial charge in [0.1, 0.15) is 0 Å². The molecule has 0 fully saturated rings. The second-order valence-electron chi connectivity index (χ2n) is 3.32. The fourth-order valence-corrected chi connectivity index (χ4v) is 1.14. The average molecular weight is 205 g/mol. The molecule has 0 spiro atoms. The monoisotopic (exact) mass is 205 g/mol. The molecule has 0 radical (unpaired) electrons. The molecule has 0 saturated carbocycles. The van der Waals surface area contributed by atoms with Crippen LogP contribution in [-0.4, -0.2) is 13.0 Å². The summed E-state index contributed by atoms with van der Waals surface area (Å²) >= 11 is 0. The Labute approximate surface area is 89.8 Å². The van der Waals surface area contributed by atoms with Crippen molar-refractivity contribution in [2.45, 2.75) is 13.8 Å². The van der Waals surface area contributed by atoms with Crippen molar-refractivity contribution in [2.75, 3.05) is 12.4 Å². The SMILES string of the molecule is COC(C)=CC(=O)Nc1cccc(C)c1. The van der Waals surface area contributed by atoms with Crippen molar-refractivity contribution in [1.29, 1.82) is 0 Å². The first-order valence-electron chi connectivity index (χ1n) is 4.72. The van der Waals surface area contributed by atoms with Crippen LogP contribution in [0.15, 0.2) is 36.1 Å². The van der Waals surface area contributed by atoms with Gasteiger partial charge in [0, 0.05) is 11.8 Å². The zero-order valence-electron chi connectivity index (χ0n) is 9.20. The van der Waals surface area contributed by atoms with Crippen LogP contribution in [0.5, 0.6) is 0 Å². The normalized spacial score (nSPS) is 11.0. The van der Waals surface area contributed by atoms with Crippen molar-refractivity contribution < 1.29 is 9.53 Å². The Morgan fingerprint density at radius 2 is 2.20 bits per heavy atom. The Morgan fingerprint density at radius 1 is 1.47 bits per heavy atom. The molecule has 0 unspecified atom stereocenters. The standard InChI is InChI=1S/C12H15NO2/c1-9-5-4-6-11(7-9)13-12(14)8-10(2)15-3/h4-8H,1-3H3,(H,13,14). The fraction of sp³-hybridized carbons (Fsp3) is 0.250. The molecule has 1 aromatic carbocycles. The number of amides is 1. The fourth-order valence-electron chi connectivity index (χ4n) is 1.14. The van der Waals surface area contributed by atoms with Crippen LogP contribution in [0.4, 0.5) is 5.69 Å². The minimum absolute atomic E-state index is 0.181. The quantitative estimate of drug-likeness (QED) is 0.608. The molecule has 80 valence electrons. The van der Waals surface area contributed by atoms with Gasteiger partial charge in [-0.3, -0.25) is 4.79 Å². The largest absolute Gasteiger partial charge is 0.501 e. The molecule has 3 nitrogen and oxygen atoms in total. The molecule has 15 heavy (non-hydrogen) atoms. The molecule has 0 atom stereocenters. The van der Waals surface area contributed by atoms with Crippen LogP contribution in [0.3, 0.4) is 0 Å². The van der Waals surface area contributed by atoms with E-state index in [0.717, 1.165) is 11.3 Å². The van der Waals surface area contributed by atoms with Gasteiger partial charge in [-0.25, -0.2) is 0 Å². The number of hydrogen-bond acceptors (Lipinski definition) is 2. The van der Waals surface area contributed by atoms with Crippen LogP contribution in [0, 0.1) is 6.92 Å². The molecule has 1 aromatic rings. The molecule has 1 N–H and O–H groups in total. The van der Waals surface area contributed by atoms with Crippen molar-refractivity contribution in [3.63, 3.8) is 0 Å². The highest BCUT2D eigenvalue weighted by atomic mass is 16.5. The first kappa shape index (κ1) is 11.3. The summed E-state index contributed by atoms with van der Waals surface area (Å²) < 4.78 is 4.88. The Kier molecular flexibility index (Phi) is 3.92. The zero-order valence-corrected chi connectivity index (χ0v) is 9.20. The second-order valence-corrected chi connectivity index (χ2v) is 3.32. The van der Waals surface area contributed by atoms with Crippen molar-refractivity contribution in [2.24, 2.45) is 0 Å². The van der Waals surface area contributed by atoms with Gasteiger partial charge in [-0.05, 0) is 31.5 Å². The topological polar surface area (TPSA) is 38.3 Å².